The molecular formula is C33H49NO6. The van der Waals surface area contributed by atoms with E-state index in [9.17, 15) is 4.79 Å². The van der Waals surface area contributed by atoms with Crippen LogP contribution in [-0.4, -0.2) is 49.3 Å². The standard InChI is InChI=1S/C33H49NO6/c1-3-4-5-6-7-8-9-10-11-12-13-14-15-16-29(35)34-26-23-32-30-28(38-30)21-22-33(32,37-24-26)40-31(39-32)25-17-19-27(36-2)20-18-25/h17-22,26,28,30-31H,3-16,23-24H2,1-2H3,(H,34,35)/t26-,28-,30-,31?,32-,33+/m0/s1. The van der Waals surface area contributed by atoms with Gasteiger partial charge in [-0.2, -0.15) is 0 Å². The minimum absolute atomic E-state index is 0.00943. The minimum atomic E-state index is -1.01. The maximum atomic E-state index is 12.8. The van der Waals surface area contributed by atoms with E-state index >= 15 is 0 Å². The van der Waals surface area contributed by atoms with E-state index in [1.54, 1.807) is 7.11 Å². The number of benzene rings is 1. The van der Waals surface area contributed by atoms with Gasteiger partial charge >= 0.3 is 0 Å². The molecule has 1 aromatic rings. The van der Waals surface area contributed by atoms with Gasteiger partial charge < -0.3 is 29.0 Å². The lowest BCUT2D eigenvalue weighted by molar-refractivity contribution is -0.250. The van der Waals surface area contributed by atoms with Crippen molar-refractivity contribution in [2.75, 3.05) is 13.7 Å². The normalized spacial score (nSPS) is 31.8. The van der Waals surface area contributed by atoms with Gasteiger partial charge in [-0.1, -0.05) is 102 Å². The van der Waals surface area contributed by atoms with Gasteiger partial charge in [0, 0.05) is 18.4 Å². The van der Waals surface area contributed by atoms with Crippen molar-refractivity contribution in [3.8, 4) is 5.75 Å². The summed E-state index contributed by atoms with van der Waals surface area (Å²) >= 11 is 0. The zero-order valence-corrected chi connectivity index (χ0v) is 24.5. The van der Waals surface area contributed by atoms with Crippen LogP contribution in [-0.2, 0) is 23.7 Å². The number of epoxide rings is 1. The molecule has 7 nitrogen and oxygen atoms in total. The molecule has 7 heteroatoms. The highest BCUT2D eigenvalue weighted by Gasteiger charge is 2.75. The van der Waals surface area contributed by atoms with Crippen molar-refractivity contribution in [1.29, 1.82) is 0 Å². The molecule has 40 heavy (non-hydrogen) atoms. The second kappa shape index (κ2) is 13.8. The van der Waals surface area contributed by atoms with Crippen LogP contribution < -0.4 is 10.1 Å². The van der Waals surface area contributed by atoms with Crippen LogP contribution in [0.4, 0.5) is 0 Å². The monoisotopic (exact) mass is 555 g/mol. The Labute approximate surface area is 240 Å². The third kappa shape index (κ3) is 6.75. The third-order valence-corrected chi connectivity index (χ3v) is 8.99. The van der Waals surface area contributed by atoms with E-state index in [2.05, 4.69) is 12.2 Å². The average molecular weight is 556 g/mol. The highest BCUT2D eigenvalue weighted by Crippen LogP contribution is 2.60. The number of ether oxygens (including phenoxy) is 5. The average Bonchev–Trinajstić information content (AvgIpc) is 3.69. The van der Waals surface area contributed by atoms with Crippen molar-refractivity contribution in [3.63, 3.8) is 0 Å². The van der Waals surface area contributed by atoms with Crippen LogP contribution in [0, 0.1) is 0 Å². The van der Waals surface area contributed by atoms with E-state index in [4.69, 9.17) is 23.7 Å². The molecule has 0 radical (unpaired) electrons. The Morgan fingerprint density at radius 1 is 0.925 bits per heavy atom. The zero-order valence-electron chi connectivity index (χ0n) is 24.5. The summed E-state index contributed by atoms with van der Waals surface area (Å²) in [5.41, 5.74) is 0.107. The van der Waals surface area contributed by atoms with E-state index in [1.165, 1.54) is 70.6 Å². The van der Waals surface area contributed by atoms with Crippen LogP contribution in [0.15, 0.2) is 36.4 Å². The molecule has 5 rings (SSSR count). The third-order valence-electron chi connectivity index (χ3n) is 8.99. The van der Waals surface area contributed by atoms with Crippen molar-refractivity contribution in [3.05, 3.63) is 42.0 Å². The summed E-state index contributed by atoms with van der Waals surface area (Å²) in [5, 5.41) is 3.21. The molecule has 0 saturated carbocycles. The topological polar surface area (TPSA) is 78.6 Å². The number of carbonyl (C=O) groups is 1. The fraction of sp³-hybridized carbons (Fsp3) is 0.727. The molecule has 0 bridgehead atoms. The summed E-state index contributed by atoms with van der Waals surface area (Å²) in [5.74, 6) is -0.141. The largest absolute Gasteiger partial charge is 0.497 e. The van der Waals surface area contributed by atoms with Crippen LogP contribution in [0.1, 0.15) is 115 Å². The maximum Gasteiger partial charge on any atom is 0.223 e. The number of carbonyl (C=O) groups excluding carboxylic acids is 1. The second-order valence-electron chi connectivity index (χ2n) is 12.1. The first kappa shape index (κ1) is 29.6. The fourth-order valence-electron chi connectivity index (χ4n) is 6.62. The summed E-state index contributed by atoms with van der Waals surface area (Å²) < 4.78 is 30.7. The van der Waals surface area contributed by atoms with Gasteiger partial charge in [0.15, 0.2) is 11.9 Å². The van der Waals surface area contributed by atoms with Gasteiger partial charge in [0.05, 0.1) is 19.8 Å². The molecule has 1 unspecified atom stereocenters. The quantitative estimate of drug-likeness (QED) is 0.128. The van der Waals surface area contributed by atoms with Gasteiger partial charge in [0.2, 0.25) is 11.7 Å². The number of hydrogen-bond acceptors (Lipinski definition) is 6. The molecule has 1 aliphatic carbocycles. The van der Waals surface area contributed by atoms with Gasteiger partial charge in [-0.3, -0.25) is 4.79 Å². The number of nitrogens with one attached hydrogen (secondary N) is 1. The lowest BCUT2D eigenvalue weighted by atomic mass is 9.77. The van der Waals surface area contributed by atoms with Crippen LogP contribution in [0.5, 0.6) is 5.75 Å². The maximum absolute atomic E-state index is 12.8. The van der Waals surface area contributed by atoms with Crippen molar-refractivity contribution >= 4 is 5.91 Å². The van der Waals surface area contributed by atoms with Crippen LogP contribution in [0.2, 0.25) is 0 Å². The Bertz CT molecular complexity index is 982. The van der Waals surface area contributed by atoms with Crippen LogP contribution >= 0.6 is 0 Å². The summed E-state index contributed by atoms with van der Waals surface area (Å²) in [6.45, 7) is 2.65. The van der Waals surface area contributed by atoms with Gasteiger partial charge in [0.1, 0.15) is 18.0 Å². The zero-order chi connectivity index (χ0) is 27.8. The summed E-state index contributed by atoms with van der Waals surface area (Å²) in [6.07, 6.45) is 21.3. The minimum Gasteiger partial charge on any atom is -0.497 e. The van der Waals surface area contributed by atoms with E-state index < -0.39 is 17.7 Å². The molecule has 3 fully saturated rings. The van der Waals surface area contributed by atoms with Gasteiger partial charge in [-0.15, -0.1) is 0 Å². The van der Waals surface area contributed by atoms with E-state index in [0.717, 1.165) is 24.2 Å². The summed E-state index contributed by atoms with van der Waals surface area (Å²) in [4.78, 5) is 12.8. The number of hydrogen-bond donors (Lipinski definition) is 1. The first-order valence-electron chi connectivity index (χ1n) is 15.9. The molecule has 0 aromatic heterocycles. The van der Waals surface area contributed by atoms with Gasteiger partial charge in [-0.05, 0) is 24.6 Å². The highest BCUT2D eigenvalue weighted by molar-refractivity contribution is 5.76. The van der Waals surface area contributed by atoms with Crippen molar-refractivity contribution in [1.82, 2.24) is 5.32 Å². The molecule has 3 heterocycles. The number of fused-ring (bicyclic) bond motifs is 1. The Morgan fingerprint density at radius 3 is 2.23 bits per heavy atom. The number of rotatable bonds is 17. The van der Waals surface area contributed by atoms with Gasteiger partial charge in [-0.25, -0.2) is 0 Å². The predicted octanol–water partition coefficient (Wildman–Crippen LogP) is 6.90. The smallest absolute Gasteiger partial charge is 0.223 e. The second-order valence-corrected chi connectivity index (χ2v) is 12.1. The first-order chi connectivity index (χ1) is 19.6. The van der Waals surface area contributed by atoms with Crippen LogP contribution in [0.25, 0.3) is 0 Å². The Balaban J connectivity index is 1.02. The van der Waals surface area contributed by atoms with Crippen molar-refractivity contribution < 1.29 is 28.5 Å². The molecule has 6 atom stereocenters. The predicted molar refractivity (Wildman–Crippen MR) is 154 cm³/mol. The Hall–Kier alpha value is -1.93. The fourth-order valence-corrected chi connectivity index (χ4v) is 6.62. The first-order valence-corrected chi connectivity index (χ1v) is 15.9. The lowest BCUT2D eigenvalue weighted by Crippen LogP contribution is -2.65. The van der Waals surface area contributed by atoms with E-state index in [1.807, 2.05) is 36.4 Å². The number of methoxy groups -OCH3 is 1. The van der Waals surface area contributed by atoms with Crippen molar-refractivity contribution in [2.24, 2.45) is 0 Å². The molecule has 3 aliphatic heterocycles. The molecule has 1 N–H and O–H groups in total. The van der Waals surface area contributed by atoms with Gasteiger partial charge in [0.25, 0.3) is 0 Å². The molecule has 1 amide bonds. The molecule has 1 aromatic carbocycles. The Kier molecular flexibility index (Phi) is 10.2. The van der Waals surface area contributed by atoms with Crippen LogP contribution in [0.3, 0.4) is 0 Å². The highest BCUT2D eigenvalue weighted by atomic mass is 16.8. The molecule has 222 valence electrons. The molecule has 4 aliphatic rings. The number of unbranched alkanes of at least 4 members (excludes halogenated alkanes) is 12. The molecule has 0 spiro atoms. The number of amides is 1. The summed E-state index contributed by atoms with van der Waals surface area (Å²) in [6, 6.07) is 7.55. The SMILES string of the molecule is CCCCCCCCCCCCCCCC(=O)N[C@@H]1CO[C@@]23C=C[C@@H]4O[C@@H]4[C@]2(C1)OC(c1ccc(OC)cc1)O3. The van der Waals surface area contributed by atoms with Crippen molar-refractivity contribution in [2.45, 2.75) is 139 Å². The van der Waals surface area contributed by atoms with E-state index in [-0.39, 0.29) is 24.2 Å². The summed E-state index contributed by atoms with van der Waals surface area (Å²) in [7, 11) is 1.65. The molecular weight excluding hydrogens is 506 g/mol. The Morgan fingerprint density at radius 2 is 1.57 bits per heavy atom. The lowest BCUT2D eigenvalue weighted by Gasteiger charge is -2.47. The molecule has 3 saturated heterocycles. The van der Waals surface area contributed by atoms with E-state index in [0.29, 0.717) is 19.4 Å².